The van der Waals surface area contributed by atoms with E-state index in [1.54, 1.807) is 0 Å². The summed E-state index contributed by atoms with van der Waals surface area (Å²) in [6.07, 6.45) is -0.144. The van der Waals surface area contributed by atoms with E-state index in [1.165, 1.54) is 17.2 Å². The van der Waals surface area contributed by atoms with Crippen molar-refractivity contribution in [2.24, 2.45) is 0 Å². The Balaban J connectivity index is 1.30. The number of nitrogens with one attached hydrogen (secondary N) is 1. The average Bonchev–Trinajstić information content (AvgIpc) is 3.09. The second-order valence-corrected chi connectivity index (χ2v) is 7.59. The minimum absolute atomic E-state index is 0.0126. The smallest absolute Gasteiger partial charge is 0.407 e. The van der Waals surface area contributed by atoms with Crippen molar-refractivity contribution in [1.82, 2.24) is 5.32 Å². The summed E-state index contributed by atoms with van der Waals surface area (Å²) >= 11 is 5.82. The molecule has 3 aromatic carbocycles. The van der Waals surface area contributed by atoms with Crippen LogP contribution in [0.1, 0.15) is 29.0 Å². The number of anilines is 1. The van der Waals surface area contributed by atoms with Crippen molar-refractivity contribution in [3.05, 3.63) is 88.2 Å². The molecule has 0 spiro atoms. The predicted octanol–water partition coefficient (Wildman–Crippen LogP) is 5.34. The van der Waals surface area contributed by atoms with E-state index in [0.717, 1.165) is 17.2 Å². The van der Waals surface area contributed by atoms with Crippen molar-refractivity contribution in [2.45, 2.75) is 12.3 Å². The van der Waals surface area contributed by atoms with Gasteiger partial charge in [0.15, 0.2) is 0 Å². The third-order valence-corrected chi connectivity index (χ3v) is 5.40. The Bertz CT molecular complexity index is 1150. The molecule has 0 aliphatic heterocycles. The topological polar surface area (TPSA) is 64.3 Å². The Hall–Kier alpha value is -3.49. The number of fused-ring (bicyclic) bond motifs is 3. The highest BCUT2D eigenvalue weighted by molar-refractivity contribution is 6.30. The average molecular weight is 435 g/mol. The molecule has 0 atom stereocenters. The van der Waals surface area contributed by atoms with Gasteiger partial charge in [0.05, 0.1) is 11.3 Å². The Morgan fingerprint density at radius 3 is 2.42 bits per heavy atom. The van der Waals surface area contributed by atoms with E-state index in [-0.39, 0.29) is 23.2 Å². The van der Waals surface area contributed by atoms with Gasteiger partial charge in [-0.3, -0.25) is 0 Å². The van der Waals surface area contributed by atoms with Gasteiger partial charge in [0.1, 0.15) is 12.4 Å². The summed E-state index contributed by atoms with van der Waals surface area (Å²) in [7, 11) is 0. The lowest BCUT2D eigenvalue weighted by Crippen LogP contribution is -2.26. The van der Waals surface area contributed by atoms with Crippen LogP contribution in [0.2, 0.25) is 5.02 Å². The molecule has 6 heteroatoms. The van der Waals surface area contributed by atoms with E-state index in [1.807, 2.05) is 24.3 Å². The molecule has 1 amide bonds. The van der Waals surface area contributed by atoms with Gasteiger partial charge in [0.2, 0.25) is 0 Å². The highest BCUT2D eigenvalue weighted by atomic mass is 35.5. The Morgan fingerprint density at radius 1 is 1.10 bits per heavy atom. The zero-order valence-electron chi connectivity index (χ0n) is 16.6. The third kappa shape index (κ3) is 4.50. The van der Waals surface area contributed by atoms with E-state index in [4.69, 9.17) is 22.1 Å². The number of amides is 1. The van der Waals surface area contributed by atoms with E-state index in [2.05, 4.69) is 41.4 Å². The maximum atomic E-state index is 13.6. The standard InChI is InChI=1S/C25H20ClFN2O2/c26-17-13-16(24(28)23(27)14-17)7-5-6-12-29-25(30)31-15-22-20-10-3-1-8-18(20)19-9-2-4-11-21(19)22/h1-4,8-11,13-14,22H,6,12,15,28H2,(H,29,30). The largest absolute Gasteiger partial charge is 0.449 e. The molecular formula is C25H20ClFN2O2. The monoisotopic (exact) mass is 434 g/mol. The number of carbonyl (C=O) groups is 1. The number of alkyl carbamates (subject to hydrolysis) is 1. The number of rotatable bonds is 4. The molecule has 156 valence electrons. The van der Waals surface area contributed by atoms with Crippen molar-refractivity contribution < 1.29 is 13.9 Å². The van der Waals surface area contributed by atoms with Crippen LogP contribution in [0.5, 0.6) is 0 Å². The van der Waals surface area contributed by atoms with Gasteiger partial charge < -0.3 is 15.8 Å². The van der Waals surface area contributed by atoms with Crippen LogP contribution in [0.15, 0.2) is 60.7 Å². The summed E-state index contributed by atoms with van der Waals surface area (Å²) in [5.41, 5.74) is 10.6. The molecule has 31 heavy (non-hydrogen) atoms. The summed E-state index contributed by atoms with van der Waals surface area (Å²) < 4.78 is 19.0. The maximum Gasteiger partial charge on any atom is 0.407 e. The summed E-state index contributed by atoms with van der Waals surface area (Å²) in [6.45, 7) is 0.552. The summed E-state index contributed by atoms with van der Waals surface area (Å²) in [5, 5.41) is 2.91. The molecule has 0 radical (unpaired) electrons. The quantitative estimate of drug-likeness (QED) is 0.331. The van der Waals surface area contributed by atoms with Crippen LogP contribution in [0.3, 0.4) is 0 Å². The number of hydrogen-bond donors (Lipinski definition) is 2. The van der Waals surface area contributed by atoms with Gasteiger partial charge in [-0.1, -0.05) is 72.0 Å². The fourth-order valence-electron chi connectivity index (χ4n) is 3.72. The minimum atomic E-state index is -0.603. The number of benzene rings is 3. The van der Waals surface area contributed by atoms with E-state index in [0.29, 0.717) is 18.5 Å². The molecule has 1 aliphatic carbocycles. The SMILES string of the molecule is Nc1c(F)cc(Cl)cc1C#CCCNC(=O)OCC1c2ccccc2-c2ccccc21. The molecule has 3 N–H and O–H groups in total. The van der Waals surface area contributed by atoms with Gasteiger partial charge in [-0.15, -0.1) is 0 Å². The zero-order valence-corrected chi connectivity index (χ0v) is 17.4. The lowest BCUT2D eigenvalue weighted by atomic mass is 9.98. The molecule has 0 heterocycles. The fraction of sp³-hybridized carbons (Fsp3) is 0.160. The Kier molecular flexibility index (Phi) is 6.11. The first-order valence-electron chi connectivity index (χ1n) is 9.87. The second-order valence-electron chi connectivity index (χ2n) is 7.15. The first-order valence-corrected chi connectivity index (χ1v) is 10.2. The predicted molar refractivity (Wildman–Crippen MR) is 120 cm³/mol. The number of nitrogen functional groups attached to an aromatic ring is 1. The highest BCUT2D eigenvalue weighted by Crippen LogP contribution is 2.44. The molecule has 0 saturated carbocycles. The minimum Gasteiger partial charge on any atom is -0.449 e. The Labute approximate surface area is 185 Å². The van der Waals surface area contributed by atoms with Crippen molar-refractivity contribution in [3.8, 4) is 23.0 Å². The molecule has 4 rings (SSSR count). The molecule has 0 bridgehead atoms. The van der Waals surface area contributed by atoms with Crippen LogP contribution in [0.4, 0.5) is 14.9 Å². The van der Waals surface area contributed by atoms with E-state index < -0.39 is 11.9 Å². The number of carbonyl (C=O) groups excluding carboxylic acids is 1. The highest BCUT2D eigenvalue weighted by Gasteiger charge is 2.28. The van der Waals surface area contributed by atoms with Gasteiger partial charge >= 0.3 is 6.09 Å². The molecule has 0 aromatic heterocycles. The van der Waals surface area contributed by atoms with Crippen LogP contribution >= 0.6 is 11.6 Å². The molecule has 1 aliphatic rings. The normalized spacial score (nSPS) is 11.8. The fourth-order valence-corrected chi connectivity index (χ4v) is 3.93. The molecule has 0 unspecified atom stereocenters. The van der Waals surface area contributed by atoms with Crippen molar-refractivity contribution >= 4 is 23.4 Å². The molecular weight excluding hydrogens is 415 g/mol. The van der Waals surface area contributed by atoms with Crippen molar-refractivity contribution in [1.29, 1.82) is 0 Å². The van der Waals surface area contributed by atoms with Gasteiger partial charge in [-0.2, -0.15) is 0 Å². The van der Waals surface area contributed by atoms with Crippen molar-refractivity contribution in [2.75, 3.05) is 18.9 Å². The zero-order chi connectivity index (χ0) is 21.8. The molecule has 0 saturated heterocycles. The number of halogens is 2. The van der Waals surface area contributed by atoms with Gasteiger partial charge in [-0.05, 0) is 34.4 Å². The maximum absolute atomic E-state index is 13.6. The molecule has 3 aromatic rings. The van der Waals surface area contributed by atoms with E-state index in [9.17, 15) is 9.18 Å². The summed E-state index contributed by atoms with van der Waals surface area (Å²) in [5.74, 6) is 5.03. The number of nitrogens with two attached hydrogens (primary N) is 1. The van der Waals surface area contributed by atoms with Crippen LogP contribution in [0.25, 0.3) is 11.1 Å². The van der Waals surface area contributed by atoms with Crippen LogP contribution in [-0.4, -0.2) is 19.2 Å². The first kappa shape index (κ1) is 20.8. The first-order chi connectivity index (χ1) is 15.0. The van der Waals surface area contributed by atoms with Gasteiger partial charge in [0, 0.05) is 23.9 Å². The number of ether oxygens (including phenoxy) is 1. The molecule has 0 fully saturated rings. The van der Waals surface area contributed by atoms with E-state index >= 15 is 0 Å². The van der Waals surface area contributed by atoms with Gasteiger partial charge in [0.25, 0.3) is 0 Å². The summed E-state index contributed by atoms with van der Waals surface area (Å²) in [6, 6.07) is 19.0. The second kappa shape index (κ2) is 9.11. The summed E-state index contributed by atoms with van der Waals surface area (Å²) in [4.78, 5) is 12.1. The van der Waals surface area contributed by atoms with Crippen LogP contribution in [-0.2, 0) is 4.74 Å². The van der Waals surface area contributed by atoms with Crippen LogP contribution < -0.4 is 11.1 Å². The third-order valence-electron chi connectivity index (χ3n) is 5.18. The van der Waals surface area contributed by atoms with Crippen LogP contribution in [0, 0.1) is 17.7 Å². The lowest BCUT2D eigenvalue weighted by molar-refractivity contribution is 0.143. The van der Waals surface area contributed by atoms with Crippen molar-refractivity contribution in [3.63, 3.8) is 0 Å². The Morgan fingerprint density at radius 2 is 1.74 bits per heavy atom. The molecule has 4 nitrogen and oxygen atoms in total. The number of hydrogen-bond acceptors (Lipinski definition) is 3. The lowest BCUT2D eigenvalue weighted by Gasteiger charge is -2.14. The van der Waals surface area contributed by atoms with Gasteiger partial charge in [-0.25, -0.2) is 9.18 Å².